The number of hydrogen-bond donors (Lipinski definition) is 1. The van der Waals surface area contributed by atoms with E-state index in [0.29, 0.717) is 17.3 Å². The first-order valence-electron chi connectivity index (χ1n) is 8.92. The van der Waals surface area contributed by atoms with Gasteiger partial charge in [0.05, 0.1) is 13.7 Å². The predicted octanol–water partition coefficient (Wildman–Crippen LogP) is 3.22. The lowest BCUT2D eigenvalue weighted by Crippen LogP contribution is -2.38. The zero-order valence-electron chi connectivity index (χ0n) is 17.4. The van der Waals surface area contributed by atoms with Gasteiger partial charge >= 0.3 is 0 Å². The Balaban J connectivity index is 0.00000420. The molecule has 0 spiro atoms. The lowest BCUT2D eigenvalue weighted by Gasteiger charge is -2.23. The number of methoxy groups -OCH3 is 1. The molecule has 0 radical (unpaired) electrons. The molecule has 1 N–H and O–H groups in total. The predicted molar refractivity (Wildman–Crippen MR) is 130 cm³/mol. The van der Waals surface area contributed by atoms with E-state index in [0.717, 1.165) is 28.7 Å². The second-order valence-electron chi connectivity index (χ2n) is 6.35. The van der Waals surface area contributed by atoms with Crippen molar-refractivity contribution in [2.24, 2.45) is 4.99 Å². The Morgan fingerprint density at radius 3 is 2.48 bits per heavy atom. The zero-order valence-corrected chi connectivity index (χ0v) is 21.3. The highest BCUT2D eigenvalue weighted by Crippen LogP contribution is 2.24. The SMILES string of the molecule is CCNC(=NCc1ccc(S(=O)(=O)N(C)C)s1)N(C)Cc1ccccc1OC.I. The molecule has 0 saturated carbocycles. The van der Waals surface area contributed by atoms with E-state index in [2.05, 4.69) is 10.3 Å². The summed E-state index contributed by atoms with van der Waals surface area (Å²) < 4.78 is 31.4. The molecule has 2 aromatic rings. The van der Waals surface area contributed by atoms with Gasteiger partial charge in [-0.05, 0) is 25.1 Å². The number of nitrogens with one attached hydrogen (secondary N) is 1. The Labute approximate surface area is 194 Å². The van der Waals surface area contributed by atoms with E-state index >= 15 is 0 Å². The normalized spacial score (nSPS) is 11.9. The monoisotopic (exact) mass is 552 g/mol. The van der Waals surface area contributed by atoms with Crippen LogP contribution in [0.3, 0.4) is 0 Å². The number of thiophene rings is 1. The summed E-state index contributed by atoms with van der Waals surface area (Å²) in [7, 11) is 3.28. The molecule has 29 heavy (non-hydrogen) atoms. The molecule has 0 aliphatic heterocycles. The van der Waals surface area contributed by atoms with Gasteiger partial charge < -0.3 is 15.0 Å². The van der Waals surface area contributed by atoms with Crippen molar-refractivity contribution in [2.75, 3.05) is 34.8 Å². The van der Waals surface area contributed by atoms with Crippen LogP contribution in [0.4, 0.5) is 0 Å². The number of aliphatic imine (C=N–C) groups is 1. The summed E-state index contributed by atoms with van der Waals surface area (Å²) in [5.74, 6) is 1.58. The van der Waals surface area contributed by atoms with Gasteiger partial charge in [-0.15, -0.1) is 35.3 Å². The Kier molecular flexibility index (Phi) is 10.4. The van der Waals surface area contributed by atoms with Crippen molar-refractivity contribution in [1.82, 2.24) is 14.5 Å². The number of para-hydroxylation sites is 1. The topological polar surface area (TPSA) is 74.2 Å². The molecule has 0 amide bonds. The lowest BCUT2D eigenvalue weighted by atomic mass is 10.2. The highest BCUT2D eigenvalue weighted by molar-refractivity contribution is 14.0. The van der Waals surface area contributed by atoms with Crippen molar-refractivity contribution in [2.45, 2.75) is 24.2 Å². The third-order valence-electron chi connectivity index (χ3n) is 4.05. The largest absolute Gasteiger partial charge is 0.496 e. The molecule has 0 fully saturated rings. The Bertz CT molecular complexity index is 914. The third-order valence-corrected chi connectivity index (χ3v) is 7.41. The van der Waals surface area contributed by atoms with Crippen LogP contribution in [0.25, 0.3) is 0 Å². The number of hydrogen-bond acceptors (Lipinski definition) is 5. The summed E-state index contributed by atoms with van der Waals surface area (Å²) >= 11 is 1.25. The third kappa shape index (κ3) is 6.83. The summed E-state index contributed by atoms with van der Waals surface area (Å²) in [6.45, 7) is 3.80. The fourth-order valence-corrected chi connectivity index (χ4v) is 5.00. The fraction of sp³-hybridized carbons (Fsp3) is 0.421. The molecule has 0 unspecified atom stereocenters. The molecule has 1 aromatic carbocycles. The van der Waals surface area contributed by atoms with Crippen molar-refractivity contribution in [1.29, 1.82) is 0 Å². The molecule has 0 saturated heterocycles. The average Bonchev–Trinajstić information content (AvgIpc) is 3.15. The molecule has 0 atom stereocenters. The molecule has 0 aliphatic carbocycles. The van der Waals surface area contributed by atoms with Crippen LogP contribution in [0.1, 0.15) is 17.4 Å². The number of halogens is 1. The van der Waals surface area contributed by atoms with Crippen molar-refractivity contribution in [3.63, 3.8) is 0 Å². The highest BCUT2D eigenvalue weighted by atomic mass is 127. The van der Waals surface area contributed by atoms with Crippen LogP contribution < -0.4 is 10.1 Å². The van der Waals surface area contributed by atoms with E-state index in [-0.39, 0.29) is 24.0 Å². The molecule has 162 valence electrons. The Hall–Kier alpha value is -1.37. The molecule has 0 aliphatic rings. The summed E-state index contributed by atoms with van der Waals surface area (Å²) in [6.07, 6.45) is 0. The maximum absolute atomic E-state index is 12.2. The van der Waals surface area contributed by atoms with Crippen LogP contribution in [-0.2, 0) is 23.1 Å². The van der Waals surface area contributed by atoms with Crippen molar-refractivity contribution >= 4 is 51.3 Å². The molecule has 1 heterocycles. The first kappa shape index (κ1) is 25.7. The van der Waals surface area contributed by atoms with Crippen molar-refractivity contribution in [3.05, 3.63) is 46.8 Å². The maximum atomic E-state index is 12.2. The number of ether oxygens (including phenoxy) is 1. The van der Waals surface area contributed by atoms with Crippen LogP contribution in [0.2, 0.25) is 0 Å². The van der Waals surface area contributed by atoms with Crippen LogP contribution in [-0.4, -0.2) is 58.4 Å². The minimum absolute atomic E-state index is 0. The van der Waals surface area contributed by atoms with Crippen LogP contribution in [0.5, 0.6) is 5.75 Å². The van der Waals surface area contributed by atoms with Gasteiger partial charge in [0.15, 0.2) is 5.96 Å². The van der Waals surface area contributed by atoms with Gasteiger partial charge in [-0.25, -0.2) is 17.7 Å². The number of rotatable bonds is 8. The highest BCUT2D eigenvalue weighted by Gasteiger charge is 2.19. The van der Waals surface area contributed by atoms with E-state index in [4.69, 9.17) is 4.74 Å². The summed E-state index contributed by atoms with van der Waals surface area (Å²) in [4.78, 5) is 7.58. The lowest BCUT2D eigenvalue weighted by molar-refractivity contribution is 0.396. The summed E-state index contributed by atoms with van der Waals surface area (Å²) in [6, 6.07) is 11.3. The molecule has 7 nitrogen and oxygen atoms in total. The maximum Gasteiger partial charge on any atom is 0.252 e. The number of nitrogens with zero attached hydrogens (tertiary/aromatic N) is 3. The molecular formula is C19H29IN4O3S2. The molecule has 2 rings (SSSR count). The van der Waals surface area contributed by atoms with E-state index in [1.165, 1.54) is 29.7 Å². The fourth-order valence-electron chi connectivity index (χ4n) is 2.55. The summed E-state index contributed by atoms with van der Waals surface area (Å²) in [5.41, 5.74) is 1.06. The van der Waals surface area contributed by atoms with Crippen molar-refractivity contribution < 1.29 is 13.2 Å². The molecule has 0 bridgehead atoms. The van der Waals surface area contributed by atoms with E-state index < -0.39 is 10.0 Å². The van der Waals surface area contributed by atoms with Gasteiger partial charge in [0.1, 0.15) is 9.96 Å². The number of guanidine groups is 1. The van der Waals surface area contributed by atoms with Gasteiger partial charge in [-0.3, -0.25) is 0 Å². The van der Waals surface area contributed by atoms with E-state index in [1.54, 1.807) is 13.2 Å². The quantitative estimate of drug-likeness (QED) is 0.310. The Morgan fingerprint density at radius 2 is 1.86 bits per heavy atom. The Morgan fingerprint density at radius 1 is 1.17 bits per heavy atom. The van der Waals surface area contributed by atoms with Crippen molar-refractivity contribution in [3.8, 4) is 5.75 Å². The molecule has 10 heteroatoms. The van der Waals surface area contributed by atoms with Crippen LogP contribution >= 0.6 is 35.3 Å². The first-order chi connectivity index (χ1) is 13.3. The molecular weight excluding hydrogens is 523 g/mol. The average molecular weight is 553 g/mol. The van der Waals surface area contributed by atoms with Gasteiger partial charge in [0.25, 0.3) is 10.0 Å². The van der Waals surface area contributed by atoms with Crippen LogP contribution in [0, 0.1) is 0 Å². The van der Waals surface area contributed by atoms with E-state index in [1.807, 2.05) is 49.2 Å². The first-order valence-corrected chi connectivity index (χ1v) is 11.2. The smallest absolute Gasteiger partial charge is 0.252 e. The van der Waals surface area contributed by atoms with Gasteiger partial charge in [-0.1, -0.05) is 18.2 Å². The van der Waals surface area contributed by atoms with E-state index in [9.17, 15) is 8.42 Å². The van der Waals surface area contributed by atoms with Gasteiger partial charge in [0, 0.05) is 44.7 Å². The summed E-state index contributed by atoms with van der Waals surface area (Å²) in [5, 5.41) is 3.28. The van der Waals surface area contributed by atoms with Crippen LogP contribution in [0.15, 0.2) is 45.6 Å². The second-order valence-corrected chi connectivity index (χ2v) is 9.89. The zero-order chi connectivity index (χ0) is 20.7. The number of benzene rings is 1. The molecule has 1 aromatic heterocycles. The minimum atomic E-state index is -3.41. The van der Waals surface area contributed by atoms with Gasteiger partial charge in [0.2, 0.25) is 0 Å². The minimum Gasteiger partial charge on any atom is -0.496 e. The second kappa shape index (κ2) is 11.7. The number of sulfonamides is 1. The standard InChI is InChI=1S/C19H28N4O3S2.HI/c1-6-20-19(23(4)14-15-9-7-8-10-17(15)26-5)21-13-16-11-12-18(27-16)28(24,25)22(2)3;/h7-12H,6,13-14H2,1-5H3,(H,20,21);1H. The van der Waals surface area contributed by atoms with Gasteiger partial charge in [-0.2, -0.15) is 0 Å².